The van der Waals surface area contributed by atoms with E-state index in [0.717, 1.165) is 12.8 Å². The van der Waals surface area contributed by atoms with Gasteiger partial charge >= 0.3 is 6.09 Å². The third kappa shape index (κ3) is 7.25. The molecule has 0 saturated heterocycles. The average molecular weight is 175 g/mol. The Morgan fingerprint density at radius 2 is 2.45 bits per heavy atom. The third-order valence-corrected chi connectivity index (χ3v) is 1.22. The lowest BCUT2D eigenvalue weighted by molar-refractivity contribution is 0.163. The Morgan fingerprint density at radius 3 is 3.00 bits per heavy atom. The standard InChI is InChI=1S/C7H13NO2S/c1-2-3-4-8-7(9)10-5-6-11/h6H,2-5H2,1H3,(H,8,9). The smallest absolute Gasteiger partial charge is 0.407 e. The molecule has 0 aliphatic rings. The van der Waals surface area contributed by atoms with E-state index in [0.29, 0.717) is 6.54 Å². The van der Waals surface area contributed by atoms with Gasteiger partial charge in [-0.1, -0.05) is 25.6 Å². The molecule has 0 aromatic rings. The number of hydrogen-bond donors (Lipinski definition) is 1. The van der Waals surface area contributed by atoms with Crippen LogP contribution in [0.4, 0.5) is 4.79 Å². The zero-order chi connectivity index (χ0) is 8.53. The van der Waals surface area contributed by atoms with Crippen molar-refractivity contribution in [3.63, 3.8) is 0 Å². The molecule has 0 unspecified atom stereocenters. The molecule has 0 bridgehead atoms. The molecule has 0 aliphatic carbocycles. The van der Waals surface area contributed by atoms with Crippen LogP contribution in [0.15, 0.2) is 0 Å². The van der Waals surface area contributed by atoms with Crippen molar-refractivity contribution in [2.45, 2.75) is 19.8 Å². The maximum atomic E-state index is 10.7. The minimum Gasteiger partial charge on any atom is -0.444 e. The van der Waals surface area contributed by atoms with Crippen molar-refractivity contribution >= 4 is 23.7 Å². The van der Waals surface area contributed by atoms with Gasteiger partial charge in [0, 0.05) is 11.9 Å². The summed E-state index contributed by atoms with van der Waals surface area (Å²) in [7, 11) is 0. The normalized spacial score (nSPS) is 8.82. The molecule has 0 aliphatic heterocycles. The second-order valence-electron chi connectivity index (χ2n) is 2.05. The summed E-state index contributed by atoms with van der Waals surface area (Å²) in [6, 6.07) is 0. The maximum absolute atomic E-state index is 10.7. The highest BCUT2D eigenvalue weighted by Crippen LogP contribution is 1.83. The van der Waals surface area contributed by atoms with Crippen LogP contribution in [0.2, 0.25) is 0 Å². The largest absolute Gasteiger partial charge is 0.444 e. The summed E-state index contributed by atoms with van der Waals surface area (Å²) in [5.74, 6) is 0. The van der Waals surface area contributed by atoms with E-state index in [4.69, 9.17) is 0 Å². The summed E-state index contributed by atoms with van der Waals surface area (Å²) in [6.45, 7) is 2.93. The number of amides is 1. The fourth-order valence-electron chi connectivity index (χ4n) is 0.528. The fourth-order valence-corrected chi connectivity index (χ4v) is 0.596. The summed E-state index contributed by atoms with van der Waals surface area (Å²) in [5.41, 5.74) is 0. The minimum absolute atomic E-state index is 0.202. The van der Waals surface area contributed by atoms with Crippen molar-refractivity contribution in [2.75, 3.05) is 13.2 Å². The molecule has 64 valence electrons. The van der Waals surface area contributed by atoms with Gasteiger partial charge < -0.3 is 10.1 Å². The molecule has 0 radical (unpaired) electrons. The van der Waals surface area contributed by atoms with Crippen molar-refractivity contribution in [3.8, 4) is 0 Å². The van der Waals surface area contributed by atoms with Crippen LogP contribution in [0.1, 0.15) is 19.8 Å². The molecular weight excluding hydrogens is 162 g/mol. The molecule has 0 atom stereocenters. The molecule has 11 heavy (non-hydrogen) atoms. The van der Waals surface area contributed by atoms with Gasteiger partial charge in [0.1, 0.15) is 6.61 Å². The van der Waals surface area contributed by atoms with Crippen molar-refractivity contribution in [1.29, 1.82) is 0 Å². The first-order chi connectivity index (χ1) is 5.31. The van der Waals surface area contributed by atoms with Gasteiger partial charge in [-0.2, -0.15) is 0 Å². The number of carbonyl (C=O) groups is 1. The highest BCUT2D eigenvalue weighted by Gasteiger charge is 1.96. The lowest BCUT2D eigenvalue weighted by Crippen LogP contribution is -2.25. The van der Waals surface area contributed by atoms with Crippen LogP contribution >= 0.6 is 12.2 Å². The van der Waals surface area contributed by atoms with Crippen LogP contribution in [0.25, 0.3) is 0 Å². The first kappa shape index (κ1) is 10.4. The van der Waals surface area contributed by atoms with Crippen LogP contribution in [0.5, 0.6) is 0 Å². The van der Waals surface area contributed by atoms with Gasteiger partial charge in [0.05, 0.1) is 0 Å². The number of thiocarbonyl (C=S) groups is 1. The Bertz CT molecular complexity index is 128. The summed E-state index contributed by atoms with van der Waals surface area (Å²) in [5, 5.41) is 3.97. The van der Waals surface area contributed by atoms with Crippen molar-refractivity contribution in [1.82, 2.24) is 5.32 Å². The molecule has 1 N–H and O–H groups in total. The van der Waals surface area contributed by atoms with E-state index < -0.39 is 0 Å². The molecule has 0 rings (SSSR count). The average Bonchev–Trinajstić information content (AvgIpc) is 2.01. The lowest BCUT2D eigenvalue weighted by atomic mass is 10.3. The Labute approximate surface area is 72.1 Å². The molecule has 0 aromatic heterocycles. The second-order valence-corrected chi connectivity index (χ2v) is 2.38. The maximum Gasteiger partial charge on any atom is 0.407 e. The Morgan fingerprint density at radius 1 is 1.73 bits per heavy atom. The molecule has 4 heteroatoms. The highest BCUT2D eigenvalue weighted by atomic mass is 32.1. The van der Waals surface area contributed by atoms with Crippen molar-refractivity contribution in [2.24, 2.45) is 0 Å². The van der Waals surface area contributed by atoms with E-state index in [2.05, 4.69) is 29.2 Å². The number of unbranched alkanes of at least 4 members (excludes halogenated alkanes) is 1. The molecule has 1 amide bonds. The van der Waals surface area contributed by atoms with E-state index in [-0.39, 0.29) is 12.7 Å². The van der Waals surface area contributed by atoms with E-state index in [1.165, 1.54) is 5.37 Å². The van der Waals surface area contributed by atoms with E-state index in [1.54, 1.807) is 0 Å². The SMILES string of the molecule is CCCCNC(=O)OCC=S. The van der Waals surface area contributed by atoms with Crippen LogP contribution < -0.4 is 5.32 Å². The Balaban J connectivity index is 3.15. The molecular formula is C7H13NO2S. The topological polar surface area (TPSA) is 38.3 Å². The summed E-state index contributed by atoms with van der Waals surface area (Å²) in [6.07, 6.45) is 1.65. The minimum atomic E-state index is -0.389. The molecule has 0 saturated carbocycles. The zero-order valence-corrected chi connectivity index (χ0v) is 7.45. The Hall–Kier alpha value is -0.640. The lowest BCUT2D eigenvalue weighted by Gasteiger charge is -2.02. The summed E-state index contributed by atoms with van der Waals surface area (Å²) >= 11 is 4.48. The number of ether oxygens (including phenoxy) is 1. The van der Waals surface area contributed by atoms with Gasteiger partial charge in [-0.25, -0.2) is 4.79 Å². The second kappa shape index (κ2) is 7.47. The van der Waals surface area contributed by atoms with Gasteiger partial charge in [0.2, 0.25) is 0 Å². The number of nitrogens with one attached hydrogen (secondary N) is 1. The van der Waals surface area contributed by atoms with Crippen LogP contribution in [0.3, 0.4) is 0 Å². The number of rotatable bonds is 5. The van der Waals surface area contributed by atoms with Gasteiger partial charge in [-0.3, -0.25) is 0 Å². The van der Waals surface area contributed by atoms with E-state index >= 15 is 0 Å². The van der Waals surface area contributed by atoms with Crippen LogP contribution in [-0.2, 0) is 4.74 Å². The van der Waals surface area contributed by atoms with E-state index in [1.807, 2.05) is 0 Å². The molecule has 0 spiro atoms. The predicted molar refractivity (Wildman–Crippen MR) is 47.9 cm³/mol. The molecule has 0 fully saturated rings. The highest BCUT2D eigenvalue weighted by molar-refractivity contribution is 7.79. The fraction of sp³-hybridized carbons (Fsp3) is 0.714. The first-order valence-corrected chi connectivity index (χ1v) is 4.12. The van der Waals surface area contributed by atoms with Gasteiger partial charge in [0.15, 0.2) is 0 Å². The van der Waals surface area contributed by atoms with Crippen LogP contribution in [0, 0.1) is 0 Å². The molecule has 0 heterocycles. The monoisotopic (exact) mass is 175 g/mol. The van der Waals surface area contributed by atoms with Crippen LogP contribution in [-0.4, -0.2) is 24.6 Å². The van der Waals surface area contributed by atoms with E-state index in [9.17, 15) is 4.79 Å². The Kier molecular flexibility index (Phi) is 7.03. The predicted octanol–water partition coefficient (Wildman–Crippen LogP) is 1.51. The van der Waals surface area contributed by atoms with Gasteiger partial charge in [0.25, 0.3) is 0 Å². The first-order valence-electron chi connectivity index (χ1n) is 3.65. The molecule has 0 aromatic carbocycles. The number of alkyl carbamates (subject to hydrolysis) is 1. The molecule has 3 nitrogen and oxygen atoms in total. The number of carbonyl (C=O) groups excluding carboxylic acids is 1. The quantitative estimate of drug-likeness (QED) is 0.508. The third-order valence-electron chi connectivity index (χ3n) is 1.08. The van der Waals surface area contributed by atoms with Gasteiger partial charge in [-0.05, 0) is 6.42 Å². The zero-order valence-electron chi connectivity index (χ0n) is 6.63. The number of hydrogen-bond acceptors (Lipinski definition) is 3. The van der Waals surface area contributed by atoms with Crippen molar-refractivity contribution < 1.29 is 9.53 Å². The van der Waals surface area contributed by atoms with Gasteiger partial charge in [-0.15, -0.1) is 0 Å². The summed E-state index contributed by atoms with van der Waals surface area (Å²) < 4.78 is 4.63. The summed E-state index contributed by atoms with van der Waals surface area (Å²) in [4.78, 5) is 10.7. The van der Waals surface area contributed by atoms with Crippen molar-refractivity contribution in [3.05, 3.63) is 0 Å².